The highest BCUT2D eigenvalue weighted by atomic mass is 16.5. The summed E-state index contributed by atoms with van der Waals surface area (Å²) in [7, 11) is 0. The highest BCUT2D eigenvalue weighted by Crippen LogP contribution is 2.38. The van der Waals surface area contributed by atoms with Crippen molar-refractivity contribution in [1.29, 1.82) is 0 Å². The molecule has 0 saturated heterocycles. The minimum Gasteiger partial charge on any atom is -0.492 e. The number of aryl methyl sites for hydroxylation is 1. The number of nitrogens with zero attached hydrogens (tertiary/aromatic N) is 2. The van der Waals surface area contributed by atoms with Crippen LogP contribution in [0.2, 0.25) is 0 Å². The van der Waals surface area contributed by atoms with Gasteiger partial charge in [0.05, 0.1) is 29.3 Å². The molecule has 0 saturated carbocycles. The van der Waals surface area contributed by atoms with Crippen molar-refractivity contribution in [2.75, 3.05) is 6.61 Å². The molecule has 1 unspecified atom stereocenters. The lowest BCUT2D eigenvalue weighted by atomic mass is 9.89. The van der Waals surface area contributed by atoms with Gasteiger partial charge in [0.2, 0.25) is 0 Å². The summed E-state index contributed by atoms with van der Waals surface area (Å²) in [5.74, 6) is 0.971. The SMILES string of the molecule is CCCCOc1cc2c(nc1C)-c1cc(=O)c(C(C)=O)cn1C(C(C)C)C2. The van der Waals surface area contributed by atoms with Gasteiger partial charge in [-0.1, -0.05) is 27.2 Å². The number of fused-ring (bicyclic) bond motifs is 3. The number of rotatable bonds is 6. The lowest BCUT2D eigenvalue weighted by Gasteiger charge is -2.33. The zero-order valence-electron chi connectivity index (χ0n) is 16.8. The van der Waals surface area contributed by atoms with Crippen molar-refractivity contribution in [1.82, 2.24) is 9.55 Å². The molecule has 1 aliphatic heterocycles. The Morgan fingerprint density at radius 2 is 2.11 bits per heavy atom. The van der Waals surface area contributed by atoms with Crippen LogP contribution in [-0.4, -0.2) is 21.9 Å². The molecule has 1 aliphatic rings. The van der Waals surface area contributed by atoms with Crippen molar-refractivity contribution in [2.24, 2.45) is 5.92 Å². The first-order valence-corrected chi connectivity index (χ1v) is 9.74. The maximum Gasteiger partial charge on any atom is 0.193 e. The predicted molar refractivity (Wildman–Crippen MR) is 107 cm³/mol. The van der Waals surface area contributed by atoms with E-state index in [2.05, 4.69) is 31.4 Å². The van der Waals surface area contributed by atoms with Crippen LogP contribution in [0.1, 0.15) is 68.2 Å². The van der Waals surface area contributed by atoms with E-state index in [9.17, 15) is 9.59 Å². The molecule has 0 bridgehead atoms. The van der Waals surface area contributed by atoms with Crippen LogP contribution in [0.3, 0.4) is 0 Å². The average molecular weight is 368 g/mol. The minimum atomic E-state index is -0.244. The Hall–Kier alpha value is -2.43. The molecule has 0 fully saturated rings. The van der Waals surface area contributed by atoms with E-state index in [-0.39, 0.29) is 22.8 Å². The van der Waals surface area contributed by atoms with Crippen LogP contribution in [0.25, 0.3) is 11.4 Å². The van der Waals surface area contributed by atoms with Crippen molar-refractivity contribution in [3.63, 3.8) is 0 Å². The zero-order valence-corrected chi connectivity index (χ0v) is 16.8. The molecule has 0 aromatic carbocycles. The van der Waals surface area contributed by atoms with Crippen LogP contribution in [0.5, 0.6) is 5.75 Å². The highest BCUT2D eigenvalue weighted by molar-refractivity contribution is 5.94. The van der Waals surface area contributed by atoms with E-state index in [1.807, 2.05) is 6.92 Å². The van der Waals surface area contributed by atoms with Crippen molar-refractivity contribution >= 4 is 5.78 Å². The number of aromatic nitrogens is 2. The summed E-state index contributed by atoms with van der Waals surface area (Å²) < 4.78 is 7.99. The lowest BCUT2D eigenvalue weighted by Crippen LogP contribution is -2.28. The molecule has 3 heterocycles. The van der Waals surface area contributed by atoms with Crippen LogP contribution in [0.4, 0.5) is 0 Å². The summed E-state index contributed by atoms with van der Waals surface area (Å²) >= 11 is 0. The Kier molecular flexibility index (Phi) is 5.49. The first-order chi connectivity index (χ1) is 12.8. The average Bonchev–Trinajstić information content (AvgIpc) is 2.61. The number of hydrogen-bond acceptors (Lipinski definition) is 4. The van der Waals surface area contributed by atoms with Gasteiger partial charge in [0.25, 0.3) is 0 Å². The monoisotopic (exact) mass is 368 g/mol. The van der Waals surface area contributed by atoms with Crippen LogP contribution in [0.15, 0.2) is 23.1 Å². The molecule has 5 nitrogen and oxygen atoms in total. The lowest BCUT2D eigenvalue weighted by molar-refractivity contribution is 0.101. The molecule has 0 spiro atoms. The Balaban J connectivity index is 2.14. The third kappa shape index (κ3) is 3.68. The van der Waals surface area contributed by atoms with Crippen LogP contribution >= 0.6 is 0 Å². The van der Waals surface area contributed by atoms with Gasteiger partial charge in [-0.2, -0.15) is 0 Å². The van der Waals surface area contributed by atoms with Crippen molar-refractivity contribution < 1.29 is 9.53 Å². The molecular formula is C22H28N2O3. The maximum absolute atomic E-state index is 12.5. The summed E-state index contributed by atoms with van der Waals surface area (Å²) in [6.07, 6.45) is 4.62. The molecule has 5 heteroatoms. The van der Waals surface area contributed by atoms with E-state index >= 15 is 0 Å². The topological polar surface area (TPSA) is 61.2 Å². The Morgan fingerprint density at radius 1 is 1.37 bits per heavy atom. The Bertz CT molecular complexity index is 928. The van der Waals surface area contributed by atoms with E-state index < -0.39 is 0 Å². The molecule has 0 radical (unpaired) electrons. The van der Waals surface area contributed by atoms with Crippen molar-refractivity contribution in [3.05, 3.63) is 45.4 Å². The van der Waals surface area contributed by atoms with E-state index in [1.165, 1.54) is 6.92 Å². The number of carbonyl (C=O) groups excluding carboxylic acids is 1. The van der Waals surface area contributed by atoms with Gasteiger partial charge in [0.1, 0.15) is 5.75 Å². The van der Waals surface area contributed by atoms with E-state index in [0.29, 0.717) is 12.5 Å². The smallest absolute Gasteiger partial charge is 0.193 e. The van der Waals surface area contributed by atoms with Gasteiger partial charge in [-0.15, -0.1) is 0 Å². The quantitative estimate of drug-likeness (QED) is 0.562. The standard InChI is InChI=1S/C22H28N2O3/c1-6-7-8-27-21-10-16-9-18(13(2)3)24-12-17(15(5)25)20(26)11-19(24)22(16)23-14(21)4/h10-13,18H,6-9H2,1-5H3. The summed E-state index contributed by atoms with van der Waals surface area (Å²) in [4.78, 5) is 29.1. The van der Waals surface area contributed by atoms with Gasteiger partial charge in [0.15, 0.2) is 11.2 Å². The molecule has 0 aliphatic carbocycles. The minimum absolute atomic E-state index is 0.166. The first-order valence-electron chi connectivity index (χ1n) is 9.74. The zero-order chi connectivity index (χ0) is 19.7. The second-order valence-electron chi connectivity index (χ2n) is 7.70. The number of ether oxygens (including phenoxy) is 1. The maximum atomic E-state index is 12.5. The van der Waals surface area contributed by atoms with Gasteiger partial charge in [-0.3, -0.25) is 9.59 Å². The summed E-state index contributed by atoms with van der Waals surface area (Å²) in [5.41, 5.74) is 3.52. The van der Waals surface area contributed by atoms with Gasteiger partial charge in [0, 0.05) is 18.3 Å². The van der Waals surface area contributed by atoms with Gasteiger partial charge in [-0.25, -0.2) is 4.98 Å². The van der Waals surface area contributed by atoms with E-state index in [1.54, 1.807) is 12.3 Å². The molecule has 0 N–H and O–H groups in total. The molecule has 1 atom stereocenters. The summed E-state index contributed by atoms with van der Waals surface area (Å²) in [6, 6.07) is 3.81. The third-order valence-electron chi connectivity index (χ3n) is 5.26. The van der Waals surface area contributed by atoms with Crippen LogP contribution in [0, 0.1) is 12.8 Å². The molecule has 2 aromatic rings. The summed E-state index contributed by atoms with van der Waals surface area (Å²) in [5, 5.41) is 0. The number of carbonyl (C=O) groups is 1. The molecule has 144 valence electrons. The van der Waals surface area contributed by atoms with E-state index in [0.717, 1.165) is 47.7 Å². The largest absolute Gasteiger partial charge is 0.492 e. The van der Waals surface area contributed by atoms with Crippen molar-refractivity contribution in [3.8, 4) is 17.1 Å². The van der Waals surface area contributed by atoms with Gasteiger partial charge < -0.3 is 9.30 Å². The second-order valence-corrected chi connectivity index (χ2v) is 7.70. The second kappa shape index (κ2) is 7.67. The summed E-state index contributed by atoms with van der Waals surface area (Å²) in [6.45, 7) is 10.5. The fourth-order valence-corrected chi connectivity index (χ4v) is 3.63. The number of ketones is 1. The normalized spacial score (nSPS) is 15.4. The van der Waals surface area contributed by atoms with Gasteiger partial charge in [-0.05, 0) is 44.2 Å². The van der Waals surface area contributed by atoms with Crippen molar-refractivity contribution in [2.45, 2.75) is 59.9 Å². The Morgan fingerprint density at radius 3 is 2.74 bits per heavy atom. The van der Waals surface area contributed by atoms with E-state index in [4.69, 9.17) is 9.72 Å². The molecule has 0 amide bonds. The molecule has 27 heavy (non-hydrogen) atoms. The first kappa shape index (κ1) is 19.3. The van der Waals surface area contributed by atoms with Crippen LogP contribution in [-0.2, 0) is 6.42 Å². The number of unbranched alkanes of at least 4 members (excludes halogenated alkanes) is 1. The fraction of sp³-hybridized carbons (Fsp3) is 0.500. The number of hydrogen-bond donors (Lipinski definition) is 0. The third-order valence-corrected chi connectivity index (χ3v) is 5.26. The highest BCUT2D eigenvalue weighted by Gasteiger charge is 2.29. The molecular weight excluding hydrogens is 340 g/mol. The number of Topliss-reactive ketones (excluding diaryl/α,β-unsaturated/α-hetero) is 1. The number of pyridine rings is 2. The fourth-order valence-electron chi connectivity index (χ4n) is 3.63. The van der Waals surface area contributed by atoms with Crippen LogP contribution < -0.4 is 10.2 Å². The van der Waals surface area contributed by atoms with Gasteiger partial charge >= 0.3 is 0 Å². The molecule has 2 aromatic heterocycles. The molecule has 3 rings (SSSR count). The Labute approximate surface area is 160 Å². The predicted octanol–water partition coefficient (Wildman–Crippen LogP) is 4.35.